The maximum absolute atomic E-state index is 11.2. The van der Waals surface area contributed by atoms with Gasteiger partial charge in [-0.1, -0.05) is 12.1 Å². The standard InChI is InChI=1S/C8H4N2O3S/c9-5-14-8(11)6-3-1-2-4-7(6)10(12)13/h1-4H. The normalized spacial score (nSPS) is 9.07. The van der Waals surface area contributed by atoms with Crippen LogP contribution in [-0.2, 0) is 0 Å². The molecule has 1 rings (SSSR count). The second-order valence-corrected chi connectivity index (χ2v) is 3.01. The molecule has 0 spiro atoms. The summed E-state index contributed by atoms with van der Waals surface area (Å²) in [5.41, 5.74) is -0.329. The number of nitro benzene ring substituents is 1. The van der Waals surface area contributed by atoms with Crippen molar-refractivity contribution in [2.45, 2.75) is 0 Å². The molecule has 0 unspecified atom stereocenters. The van der Waals surface area contributed by atoms with Crippen molar-refractivity contribution in [3.8, 4) is 5.40 Å². The second-order valence-electron chi connectivity index (χ2n) is 2.26. The number of nitro groups is 1. The SMILES string of the molecule is N#CSC(=O)c1ccccc1[N+](=O)[O-]. The van der Waals surface area contributed by atoms with E-state index in [4.69, 9.17) is 5.26 Å². The minimum absolute atomic E-state index is 0.0518. The van der Waals surface area contributed by atoms with Crippen molar-refractivity contribution in [2.75, 3.05) is 0 Å². The van der Waals surface area contributed by atoms with Crippen molar-refractivity contribution in [3.63, 3.8) is 0 Å². The van der Waals surface area contributed by atoms with Crippen LogP contribution in [0, 0.1) is 20.8 Å². The number of rotatable bonds is 2. The van der Waals surface area contributed by atoms with Crippen LogP contribution in [0.4, 0.5) is 5.69 Å². The molecule has 0 aliphatic rings. The molecule has 0 saturated heterocycles. The quantitative estimate of drug-likeness (QED) is 0.421. The summed E-state index contributed by atoms with van der Waals surface area (Å²) in [6.45, 7) is 0. The molecule has 0 heterocycles. The molecule has 14 heavy (non-hydrogen) atoms. The van der Waals surface area contributed by atoms with Gasteiger partial charge in [0.2, 0.25) is 5.12 Å². The van der Waals surface area contributed by atoms with Crippen LogP contribution in [0.25, 0.3) is 0 Å². The second kappa shape index (κ2) is 4.39. The van der Waals surface area contributed by atoms with Gasteiger partial charge in [-0.05, 0) is 6.07 Å². The summed E-state index contributed by atoms with van der Waals surface area (Å²) in [5, 5.41) is 19.7. The summed E-state index contributed by atoms with van der Waals surface area (Å²) < 4.78 is 0. The van der Waals surface area contributed by atoms with Crippen LogP contribution in [0.5, 0.6) is 0 Å². The molecule has 6 heteroatoms. The molecule has 0 bridgehead atoms. The summed E-state index contributed by atoms with van der Waals surface area (Å²) in [6, 6.07) is 5.53. The van der Waals surface area contributed by atoms with Crippen molar-refractivity contribution in [3.05, 3.63) is 39.9 Å². The molecule has 5 nitrogen and oxygen atoms in total. The molecule has 0 saturated carbocycles. The van der Waals surface area contributed by atoms with Crippen molar-refractivity contribution >= 4 is 22.6 Å². The smallest absolute Gasteiger partial charge is 0.280 e. The van der Waals surface area contributed by atoms with Crippen molar-refractivity contribution in [1.29, 1.82) is 5.26 Å². The highest BCUT2D eigenvalue weighted by atomic mass is 32.2. The maximum Gasteiger partial charge on any atom is 0.281 e. The van der Waals surface area contributed by atoms with Crippen LogP contribution >= 0.6 is 11.8 Å². The lowest BCUT2D eigenvalue weighted by atomic mass is 10.2. The zero-order valence-electron chi connectivity index (χ0n) is 6.84. The lowest BCUT2D eigenvalue weighted by Crippen LogP contribution is -1.99. The number of benzene rings is 1. The molecule has 0 amide bonds. The fourth-order valence-electron chi connectivity index (χ4n) is 0.902. The van der Waals surface area contributed by atoms with E-state index in [0.29, 0.717) is 11.8 Å². The first-order valence-electron chi connectivity index (χ1n) is 3.50. The van der Waals surface area contributed by atoms with E-state index in [1.54, 1.807) is 5.40 Å². The van der Waals surface area contributed by atoms with Gasteiger partial charge in [0.25, 0.3) is 5.69 Å². The van der Waals surface area contributed by atoms with Gasteiger partial charge in [0.1, 0.15) is 11.0 Å². The molecule has 70 valence electrons. The molecule has 0 N–H and O–H groups in total. The van der Waals surface area contributed by atoms with Gasteiger partial charge < -0.3 is 0 Å². The van der Waals surface area contributed by atoms with Gasteiger partial charge in [0, 0.05) is 17.8 Å². The first kappa shape index (κ1) is 10.2. The van der Waals surface area contributed by atoms with E-state index >= 15 is 0 Å². The number of para-hydroxylation sites is 1. The third-order valence-corrected chi connectivity index (χ3v) is 1.96. The van der Waals surface area contributed by atoms with E-state index in [-0.39, 0.29) is 11.3 Å². The van der Waals surface area contributed by atoms with Crippen LogP contribution in [0.15, 0.2) is 24.3 Å². The summed E-state index contributed by atoms with van der Waals surface area (Å²) in [6.07, 6.45) is 0. The molecule has 0 aliphatic carbocycles. The zero-order chi connectivity index (χ0) is 10.6. The highest BCUT2D eigenvalue weighted by Crippen LogP contribution is 2.22. The minimum atomic E-state index is -0.648. The van der Waals surface area contributed by atoms with Crippen LogP contribution in [0.3, 0.4) is 0 Å². The summed E-state index contributed by atoms with van der Waals surface area (Å²) in [5.74, 6) is 0. The Kier molecular flexibility index (Phi) is 3.20. The van der Waals surface area contributed by atoms with Gasteiger partial charge in [0.15, 0.2) is 0 Å². The first-order valence-corrected chi connectivity index (χ1v) is 4.32. The lowest BCUT2D eigenvalue weighted by molar-refractivity contribution is -0.385. The van der Waals surface area contributed by atoms with Gasteiger partial charge in [-0.15, -0.1) is 0 Å². The van der Waals surface area contributed by atoms with Crippen molar-refractivity contribution in [1.82, 2.24) is 0 Å². The van der Waals surface area contributed by atoms with Gasteiger partial charge in [-0.25, -0.2) is 0 Å². The zero-order valence-corrected chi connectivity index (χ0v) is 7.65. The number of carbonyl (C=O) groups is 1. The molecule has 1 aromatic carbocycles. The summed E-state index contributed by atoms with van der Waals surface area (Å²) in [7, 11) is 0. The van der Waals surface area contributed by atoms with Gasteiger partial charge in [-0.3, -0.25) is 14.9 Å². The predicted molar refractivity (Wildman–Crippen MR) is 50.6 cm³/mol. The topological polar surface area (TPSA) is 84.0 Å². The molecule has 0 aromatic heterocycles. The van der Waals surface area contributed by atoms with Gasteiger partial charge in [-0.2, -0.15) is 5.26 Å². The molecular formula is C8H4N2O3S. The van der Waals surface area contributed by atoms with E-state index < -0.39 is 10.0 Å². The molecular weight excluding hydrogens is 204 g/mol. The Balaban J connectivity index is 3.15. The number of carbonyl (C=O) groups excluding carboxylic acids is 1. The Hall–Kier alpha value is -1.87. The maximum atomic E-state index is 11.2. The highest BCUT2D eigenvalue weighted by Gasteiger charge is 2.19. The highest BCUT2D eigenvalue weighted by molar-refractivity contribution is 8.18. The molecule has 1 aromatic rings. The van der Waals surface area contributed by atoms with E-state index in [1.165, 1.54) is 24.3 Å². The Labute approximate surface area is 83.5 Å². The first-order chi connectivity index (χ1) is 6.66. The number of hydrogen-bond donors (Lipinski definition) is 0. The molecule has 0 aliphatic heterocycles. The van der Waals surface area contributed by atoms with Gasteiger partial charge in [0.05, 0.1) is 4.92 Å². The van der Waals surface area contributed by atoms with Crippen molar-refractivity contribution < 1.29 is 9.72 Å². The van der Waals surface area contributed by atoms with E-state index in [2.05, 4.69) is 0 Å². The lowest BCUT2D eigenvalue weighted by Gasteiger charge is -1.96. The van der Waals surface area contributed by atoms with E-state index in [9.17, 15) is 14.9 Å². The van der Waals surface area contributed by atoms with Crippen LogP contribution in [0.1, 0.15) is 10.4 Å². The third kappa shape index (κ3) is 2.08. The molecule has 0 atom stereocenters. The number of nitrogens with zero attached hydrogens (tertiary/aromatic N) is 2. The number of thioether (sulfide) groups is 1. The summed E-state index contributed by atoms with van der Waals surface area (Å²) in [4.78, 5) is 21.0. The fourth-order valence-corrected chi connectivity index (χ4v) is 1.27. The van der Waals surface area contributed by atoms with Crippen LogP contribution < -0.4 is 0 Å². The number of nitriles is 1. The summed E-state index contributed by atoms with van der Waals surface area (Å²) >= 11 is 0.378. The Morgan fingerprint density at radius 1 is 1.50 bits per heavy atom. The third-order valence-electron chi connectivity index (χ3n) is 1.46. The monoisotopic (exact) mass is 208 g/mol. The average molecular weight is 208 g/mol. The fraction of sp³-hybridized carbons (Fsp3) is 0. The predicted octanol–water partition coefficient (Wildman–Crippen LogP) is 1.95. The largest absolute Gasteiger partial charge is 0.281 e. The van der Waals surface area contributed by atoms with E-state index in [0.717, 1.165) is 0 Å². The Bertz CT molecular complexity index is 425. The average Bonchev–Trinajstić information content (AvgIpc) is 2.18. The van der Waals surface area contributed by atoms with Crippen LogP contribution in [0.2, 0.25) is 0 Å². The molecule has 0 radical (unpaired) electrons. The number of thiocyanates is 1. The van der Waals surface area contributed by atoms with Gasteiger partial charge >= 0.3 is 0 Å². The number of hydrogen-bond acceptors (Lipinski definition) is 5. The Morgan fingerprint density at radius 2 is 2.14 bits per heavy atom. The van der Waals surface area contributed by atoms with Crippen LogP contribution in [-0.4, -0.2) is 10.0 Å². The van der Waals surface area contributed by atoms with E-state index in [1.807, 2.05) is 0 Å². The Morgan fingerprint density at radius 3 is 2.71 bits per heavy atom. The minimum Gasteiger partial charge on any atom is -0.280 e. The van der Waals surface area contributed by atoms with Crippen molar-refractivity contribution in [2.24, 2.45) is 0 Å². The molecule has 0 fully saturated rings.